The Bertz CT molecular complexity index is 191. The molecule has 0 N–H and O–H groups in total. The zero-order chi connectivity index (χ0) is 14.3. The van der Waals surface area contributed by atoms with E-state index in [1.807, 2.05) is 0 Å². The van der Waals surface area contributed by atoms with E-state index in [0.29, 0.717) is 0 Å². The van der Waals surface area contributed by atoms with E-state index in [4.69, 9.17) is 0 Å². The fourth-order valence-corrected chi connectivity index (χ4v) is 17.6. The lowest BCUT2D eigenvalue weighted by atomic mass is 10.7. The largest absolute Gasteiger partial charge is 0.351 e. The van der Waals surface area contributed by atoms with Crippen molar-refractivity contribution < 1.29 is 0 Å². The maximum atomic E-state index is 3.04. The van der Waals surface area contributed by atoms with Gasteiger partial charge in [-0.25, -0.2) is 0 Å². The molecule has 0 fully saturated rings. The van der Waals surface area contributed by atoms with Crippen LogP contribution >= 0.6 is 0 Å². The Hall–Kier alpha value is 0.531. The Labute approximate surface area is 120 Å². The van der Waals surface area contributed by atoms with E-state index < -0.39 is 27.2 Å². The first-order chi connectivity index (χ1) is 8.44. The van der Waals surface area contributed by atoms with Crippen molar-refractivity contribution in [3.05, 3.63) is 0 Å². The molecular weight excluding hydrogens is 270 g/mol. The molecule has 0 aliphatic carbocycles. The van der Waals surface area contributed by atoms with E-state index in [1.165, 1.54) is 26.2 Å². The number of hydrogen-bond acceptors (Lipinski definition) is 3. The van der Waals surface area contributed by atoms with Gasteiger partial charge in [0.15, 0.2) is 18.2 Å². The summed E-state index contributed by atoms with van der Waals surface area (Å²) in [4.78, 5) is 0. The van der Waals surface area contributed by atoms with Crippen molar-refractivity contribution in [3.63, 3.8) is 0 Å². The number of nitrogens with zero attached hydrogens (tertiary/aromatic N) is 3. The van der Waals surface area contributed by atoms with Gasteiger partial charge in [0.1, 0.15) is 0 Å². The first-order valence-corrected chi connectivity index (χ1v) is 14.9. The van der Waals surface area contributed by atoms with Crippen LogP contribution in [0.2, 0.25) is 26.2 Å². The van der Waals surface area contributed by atoms with Crippen molar-refractivity contribution >= 4 is 27.2 Å². The predicted octanol–water partition coefficient (Wildman–Crippen LogP) is 1.66. The van der Waals surface area contributed by atoms with Gasteiger partial charge in [-0.1, -0.05) is 40.8 Å². The number of hydrogen-bond donors (Lipinski definition) is 0. The molecule has 0 aromatic heterocycles. The summed E-state index contributed by atoms with van der Waals surface area (Å²) in [5, 5.41) is 0. The molecule has 0 rings (SSSR count). The SMILES string of the molecule is CCN(CC)[SiH](C)N([SiH](C)C)[SiH](C)N(CC)CC. The van der Waals surface area contributed by atoms with Crippen LogP contribution in [0.4, 0.5) is 0 Å². The highest BCUT2D eigenvalue weighted by atomic mass is 28.4. The highest BCUT2D eigenvalue weighted by Gasteiger charge is 2.31. The van der Waals surface area contributed by atoms with E-state index in [0.717, 1.165) is 0 Å². The molecular formula is C12H35N3Si3. The van der Waals surface area contributed by atoms with Gasteiger partial charge in [0.2, 0.25) is 0 Å². The van der Waals surface area contributed by atoms with Crippen LogP contribution in [0.25, 0.3) is 0 Å². The van der Waals surface area contributed by atoms with Crippen molar-refractivity contribution in [2.75, 3.05) is 26.2 Å². The molecule has 0 aliphatic rings. The molecule has 0 heterocycles. The summed E-state index contributed by atoms with van der Waals surface area (Å²) in [5.74, 6) is 0. The fraction of sp³-hybridized carbons (Fsp3) is 1.00. The van der Waals surface area contributed by atoms with Crippen molar-refractivity contribution in [3.8, 4) is 0 Å². The second-order valence-electron chi connectivity index (χ2n) is 5.25. The summed E-state index contributed by atoms with van der Waals surface area (Å²) in [6, 6.07) is 0. The normalized spacial score (nSPS) is 16.0. The van der Waals surface area contributed by atoms with Crippen LogP contribution in [0.5, 0.6) is 0 Å². The standard InChI is InChI=1S/C12H35N3Si3/c1-9-13(10-2)17(7)15(16(5)6)18(8)14(11-3)12-4/h16-18H,9-12H2,1-8H3. The molecule has 0 amide bonds. The Balaban J connectivity index is 4.94. The summed E-state index contributed by atoms with van der Waals surface area (Å²) in [6.07, 6.45) is 0. The quantitative estimate of drug-likeness (QED) is 0.600. The van der Waals surface area contributed by atoms with Crippen LogP contribution in [-0.4, -0.2) is 66.4 Å². The highest BCUT2D eigenvalue weighted by Crippen LogP contribution is 2.11. The van der Waals surface area contributed by atoms with Crippen LogP contribution in [0.1, 0.15) is 27.7 Å². The molecule has 110 valence electrons. The highest BCUT2D eigenvalue weighted by molar-refractivity contribution is 6.83. The molecule has 0 saturated carbocycles. The minimum Gasteiger partial charge on any atom is -0.351 e. The minimum atomic E-state index is -0.883. The molecule has 0 spiro atoms. The minimum absolute atomic E-state index is 0.696. The molecule has 0 aliphatic heterocycles. The molecule has 2 atom stereocenters. The second-order valence-corrected chi connectivity index (χ2v) is 15.0. The van der Waals surface area contributed by atoms with Gasteiger partial charge in [0.05, 0.1) is 8.96 Å². The average molecular weight is 306 g/mol. The average Bonchev–Trinajstić information content (AvgIpc) is 2.31. The van der Waals surface area contributed by atoms with E-state index in [2.05, 4.69) is 66.9 Å². The van der Waals surface area contributed by atoms with Crippen LogP contribution < -0.4 is 0 Å². The lowest BCUT2D eigenvalue weighted by Crippen LogP contribution is -2.64. The van der Waals surface area contributed by atoms with Gasteiger partial charge >= 0.3 is 0 Å². The summed E-state index contributed by atoms with van der Waals surface area (Å²) >= 11 is 0. The Kier molecular flexibility index (Phi) is 9.72. The maximum Gasteiger partial charge on any atom is 0.174 e. The van der Waals surface area contributed by atoms with Gasteiger partial charge in [0, 0.05) is 0 Å². The molecule has 0 aromatic carbocycles. The van der Waals surface area contributed by atoms with Crippen LogP contribution in [0.3, 0.4) is 0 Å². The third-order valence-corrected chi connectivity index (χ3v) is 19.4. The van der Waals surface area contributed by atoms with Crippen LogP contribution in [0.15, 0.2) is 0 Å². The van der Waals surface area contributed by atoms with E-state index in [9.17, 15) is 0 Å². The van der Waals surface area contributed by atoms with Crippen molar-refractivity contribution in [2.24, 2.45) is 0 Å². The third-order valence-electron chi connectivity index (χ3n) is 4.14. The van der Waals surface area contributed by atoms with Crippen LogP contribution in [-0.2, 0) is 0 Å². The monoisotopic (exact) mass is 305 g/mol. The molecule has 0 aromatic rings. The molecule has 0 saturated heterocycles. The summed E-state index contributed by atoms with van der Waals surface area (Å²) in [7, 11) is -2.46. The van der Waals surface area contributed by atoms with Crippen molar-refractivity contribution in [1.29, 1.82) is 0 Å². The van der Waals surface area contributed by atoms with E-state index >= 15 is 0 Å². The van der Waals surface area contributed by atoms with Gasteiger partial charge in [-0.15, -0.1) is 0 Å². The Morgan fingerprint density at radius 2 is 0.889 bits per heavy atom. The third kappa shape index (κ3) is 4.90. The molecule has 0 radical (unpaired) electrons. The maximum absolute atomic E-state index is 3.04. The number of rotatable bonds is 9. The molecule has 0 bridgehead atoms. The van der Waals surface area contributed by atoms with Crippen LogP contribution in [0, 0.1) is 0 Å². The lowest BCUT2D eigenvalue weighted by Gasteiger charge is -2.45. The Morgan fingerprint density at radius 3 is 1.06 bits per heavy atom. The molecule has 6 heteroatoms. The Morgan fingerprint density at radius 1 is 0.611 bits per heavy atom. The van der Waals surface area contributed by atoms with Gasteiger partial charge in [-0.3, -0.25) is 0 Å². The van der Waals surface area contributed by atoms with E-state index in [-0.39, 0.29) is 0 Å². The summed E-state index contributed by atoms with van der Waals surface area (Å²) < 4.78 is 8.51. The fourth-order valence-electron chi connectivity index (χ4n) is 3.06. The predicted molar refractivity (Wildman–Crippen MR) is 92.6 cm³/mol. The van der Waals surface area contributed by atoms with Gasteiger partial charge in [-0.05, 0) is 39.3 Å². The van der Waals surface area contributed by atoms with Gasteiger partial charge in [-0.2, -0.15) is 0 Å². The van der Waals surface area contributed by atoms with E-state index in [1.54, 1.807) is 0 Å². The molecule has 18 heavy (non-hydrogen) atoms. The molecule has 3 nitrogen and oxygen atoms in total. The first-order valence-electron chi connectivity index (χ1n) is 7.69. The summed E-state index contributed by atoms with van der Waals surface area (Å²) in [6.45, 7) is 24.3. The van der Waals surface area contributed by atoms with Gasteiger partial charge < -0.3 is 13.0 Å². The lowest BCUT2D eigenvalue weighted by molar-refractivity contribution is 0.436. The van der Waals surface area contributed by atoms with Crippen molar-refractivity contribution in [1.82, 2.24) is 13.0 Å². The first kappa shape index (κ1) is 18.5. The summed E-state index contributed by atoms with van der Waals surface area (Å²) in [5.41, 5.74) is 0. The smallest absolute Gasteiger partial charge is 0.174 e. The zero-order valence-electron chi connectivity index (χ0n) is 13.9. The second kappa shape index (κ2) is 9.44. The van der Waals surface area contributed by atoms with Crippen molar-refractivity contribution in [2.45, 2.75) is 53.9 Å². The molecule has 2 unspecified atom stereocenters. The topological polar surface area (TPSA) is 9.72 Å². The zero-order valence-corrected chi connectivity index (χ0v) is 17.4. The van der Waals surface area contributed by atoms with Gasteiger partial charge in [0.25, 0.3) is 0 Å².